The number of ether oxygens (including phenoxy) is 1. The van der Waals surface area contributed by atoms with Crippen molar-refractivity contribution in [1.82, 2.24) is 0 Å². The number of hydrogen-bond acceptors (Lipinski definition) is 8. The van der Waals surface area contributed by atoms with E-state index in [1.54, 1.807) is 12.1 Å². The summed E-state index contributed by atoms with van der Waals surface area (Å²) in [5, 5.41) is 41.6. The summed E-state index contributed by atoms with van der Waals surface area (Å²) < 4.78 is 6.60. The van der Waals surface area contributed by atoms with Crippen molar-refractivity contribution in [3.63, 3.8) is 0 Å². The molecule has 3 aromatic rings. The quantitative estimate of drug-likeness (QED) is 0.130. The smallest absolute Gasteiger partial charge is 0.339 e. The number of nitrogens with one attached hydrogen (secondary N) is 1. The normalized spacial score (nSPS) is 28.7. The first-order valence-corrected chi connectivity index (χ1v) is 17.2. The minimum Gasteiger partial charge on any atom is -0.506 e. The van der Waals surface area contributed by atoms with Gasteiger partial charge in [0.1, 0.15) is 17.0 Å². The third-order valence-electron chi connectivity index (χ3n) is 11.0. The van der Waals surface area contributed by atoms with Gasteiger partial charge in [-0.1, -0.05) is 36.6 Å². The van der Waals surface area contributed by atoms with Crippen LogP contribution in [-0.2, 0) is 14.3 Å². The molecule has 2 heterocycles. The zero-order valence-electron chi connectivity index (χ0n) is 27.4. The van der Waals surface area contributed by atoms with Crippen molar-refractivity contribution in [2.45, 2.75) is 62.6 Å². The molecule has 0 radical (unpaired) electrons. The van der Waals surface area contributed by atoms with Gasteiger partial charge in [-0.3, -0.25) is 9.59 Å². The number of amides is 1. The van der Waals surface area contributed by atoms with Gasteiger partial charge in [0.25, 0.3) is 0 Å². The van der Waals surface area contributed by atoms with Gasteiger partial charge in [0.2, 0.25) is 5.91 Å². The van der Waals surface area contributed by atoms with Crippen molar-refractivity contribution in [1.29, 1.82) is 0 Å². The van der Waals surface area contributed by atoms with E-state index in [0.29, 0.717) is 16.4 Å². The maximum Gasteiger partial charge on any atom is 0.339 e. The van der Waals surface area contributed by atoms with Gasteiger partial charge >= 0.3 is 11.9 Å². The van der Waals surface area contributed by atoms with Crippen LogP contribution in [-0.4, -0.2) is 55.8 Å². The lowest BCUT2D eigenvalue weighted by atomic mass is 9.51. The molecule has 2 saturated heterocycles. The number of phenols is 2. The predicted molar refractivity (Wildman–Crippen MR) is 184 cm³/mol. The molecule has 2 aliphatic heterocycles. The lowest BCUT2D eigenvalue weighted by Crippen LogP contribution is -2.57. The summed E-state index contributed by atoms with van der Waals surface area (Å²) >= 11 is 1.40. The van der Waals surface area contributed by atoms with E-state index in [1.165, 1.54) is 23.9 Å². The average Bonchev–Trinajstić information content (AvgIpc) is 3.44. The SMILES string of the molecule is C[C@]12C[C@@]34C=C(Sc5ccc(C#Cc6ccc(C(=O)O)cc6)cc5)C(=O)[C@@](C)(CCC(=O)Nc5c(O)ccc(C(=O)O)c5O)[C@@H]3[C@H](C[C@@H]1C4)O2. The summed E-state index contributed by atoms with van der Waals surface area (Å²) in [6, 6.07) is 16.1. The molecule has 50 heavy (non-hydrogen) atoms. The van der Waals surface area contributed by atoms with E-state index in [-0.39, 0.29) is 52.9 Å². The molecule has 0 aromatic heterocycles. The first-order valence-electron chi connectivity index (χ1n) is 16.4. The number of aromatic hydroxyl groups is 2. The third-order valence-corrected chi connectivity index (χ3v) is 12.1. The molecule has 4 fully saturated rings. The number of benzene rings is 3. The number of ketones is 1. The van der Waals surface area contributed by atoms with Crippen LogP contribution in [0.1, 0.15) is 77.8 Å². The molecular weight excluding hydrogens is 658 g/mol. The van der Waals surface area contributed by atoms with Crippen molar-refractivity contribution in [2.75, 3.05) is 5.32 Å². The zero-order valence-corrected chi connectivity index (χ0v) is 28.2. The Hall–Kier alpha value is -5.05. The Morgan fingerprint density at radius 1 is 0.940 bits per heavy atom. The molecule has 3 aromatic carbocycles. The molecule has 11 heteroatoms. The van der Waals surface area contributed by atoms with Gasteiger partial charge in [0, 0.05) is 33.8 Å². The Kier molecular flexibility index (Phi) is 8.08. The number of aromatic carboxylic acids is 2. The number of thioether (sulfide) groups is 1. The van der Waals surface area contributed by atoms with Crippen molar-refractivity contribution in [2.24, 2.45) is 22.7 Å². The van der Waals surface area contributed by atoms with Gasteiger partial charge < -0.3 is 30.5 Å². The molecule has 2 saturated carbocycles. The fourth-order valence-electron chi connectivity index (χ4n) is 8.86. The molecule has 4 bridgehead atoms. The van der Waals surface area contributed by atoms with E-state index >= 15 is 0 Å². The fraction of sp³-hybridized carbons (Fsp3) is 0.333. The van der Waals surface area contributed by atoms with E-state index in [0.717, 1.165) is 41.9 Å². The summed E-state index contributed by atoms with van der Waals surface area (Å²) in [4.78, 5) is 51.9. The van der Waals surface area contributed by atoms with E-state index in [9.17, 15) is 34.5 Å². The van der Waals surface area contributed by atoms with Crippen molar-refractivity contribution >= 4 is 41.1 Å². The highest BCUT2D eigenvalue weighted by molar-refractivity contribution is 8.04. The van der Waals surface area contributed by atoms with Crippen LogP contribution < -0.4 is 5.32 Å². The highest BCUT2D eigenvalue weighted by Gasteiger charge is 2.72. The van der Waals surface area contributed by atoms with E-state index in [1.807, 2.05) is 31.2 Å². The van der Waals surface area contributed by atoms with Gasteiger partial charge in [0.15, 0.2) is 11.5 Å². The highest BCUT2D eigenvalue weighted by Crippen LogP contribution is 2.72. The molecule has 0 unspecified atom stereocenters. The maximum absolute atomic E-state index is 14.5. The fourth-order valence-corrected chi connectivity index (χ4v) is 10.0. The van der Waals surface area contributed by atoms with Crippen LogP contribution in [0, 0.1) is 34.5 Å². The molecule has 5 aliphatic rings. The number of anilines is 1. The predicted octanol–water partition coefficient (Wildman–Crippen LogP) is 6.45. The second-order valence-corrected chi connectivity index (χ2v) is 15.3. The first kappa shape index (κ1) is 33.4. The molecule has 5 N–H and O–H groups in total. The third kappa shape index (κ3) is 5.62. The Labute approximate surface area is 292 Å². The van der Waals surface area contributed by atoms with Crippen LogP contribution in [0.15, 0.2) is 76.5 Å². The van der Waals surface area contributed by atoms with E-state index < -0.39 is 40.3 Å². The van der Waals surface area contributed by atoms with Crippen LogP contribution in [0.5, 0.6) is 11.5 Å². The molecule has 1 spiro atoms. The standard InChI is InChI=1S/C39H35NO9S/c1-37(16-15-30(42)40-31-27(41)14-13-26(32(31)43)36(47)48)33-28-17-24-18-39(33,20-38(24,2)49-28)19-29(34(37)44)50-25-11-7-22(8-12-25)4-3-21-5-9-23(10-6-21)35(45)46/h5-14,19,24,28,33,41,43H,15-18,20H2,1-2H3,(H,40,42)(H,45,46)(H,47,48)/t24-,28+,33+,37+,38+,39-/m1/s1. The minimum absolute atomic E-state index is 0.0688. The lowest BCUT2D eigenvalue weighted by molar-refractivity contribution is -0.169. The number of rotatable bonds is 8. The van der Waals surface area contributed by atoms with E-state index in [2.05, 4.69) is 30.2 Å². The molecule has 1 amide bonds. The zero-order chi connectivity index (χ0) is 35.6. The number of carbonyl (C=O) groups excluding carboxylic acids is 2. The maximum atomic E-state index is 14.5. The van der Waals surface area contributed by atoms with Crippen LogP contribution in [0.3, 0.4) is 0 Å². The molecule has 3 aliphatic carbocycles. The van der Waals surface area contributed by atoms with Crippen LogP contribution in [0.25, 0.3) is 0 Å². The van der Waals surface area contributed by atoms with Crippen molar-refractivity contribution in [3.8, 4) is 23.3 Å². The second-order valence-electron chi connectivity index (χ2n) is 14.2. The van der Waals surface area contributed by atoms with Crippen molar-refractivity contribution in [3.05, 3.63) is 93.9 Å². The van der Waals surface area contributed by atoms with Crippen molar-refractivity contribution < 1.29 is 44.3 Å². The Morgan fingerprint density at radius 2 is 1.60 bits per heavy atom. The van der Waals surface area contributed by atoms with Gasteiger partial charge in [0.05, 0.1) is 22.2 Å². The molecule has 10 nitrogen and oxygen atoms in total. The number of hydrogen-bond donors (Lipinski definition) is 5. The largest absolute Gasteiger partial charge is 0.506 e. The minimum atomic E-state index is -1.41. The number of phenolic OH excluding ortho intramolecular Hbond substituents is 1. The molecule has 8 rings (SSSR count). The first-order chi connectivity index (χ1) is 23.7. The summed E-state index contributed by atoms with van der Waals surface area (Å²) in [5.41, 5.74) is -0.688. The lowest BCUT2D eigenvalue weighted by Gasteiger charge is -2.56. The number of carboxylic acids is 2. The van der Waals surface area contributed by atoms with Gasteiger partial charge in [-0.05, 0) is 105 Å². The summed E-state index contributed by atoms with van der Waals surface area (Å²) in [5.74, 6) is 2.13. The highest BCUT2D eigenvalue weighted by atomic mass is 32.2. The number of Topliss-reactive ketones (excluding diaryl/α,β-unsaturated/α-hetero) is 1. The summed E-state index contributed by atoms with van der Waals surface area (Å²) in [7, 11) is 0. The number of carboxylic acid groups (broad SMARTS) is 2. The number of allylic oxidation sites excluding steroid dienone is 2. The summed E-state index contributed by atoms with van der Waals surface area (Å²) in [6.07, 6.45) is 4.68. The van der Waals surface area contributed by atoms with Crippen LogP contribution in [0.4, 0.5) is 5.69 Å². The Morgan fingerprint density at radius 3 is 2.22 bits per heavy atom. The van der Waals surface area contributed by atoms with E-state index in [4.69, 9.17) is 9.84 Å². The second kappa shape index (κ2) is 12.1. The van der Waals surface area contributed by atoms with Gasteiger partial charge in [-0.15, -0.1) is 0 Å². The molecule has 6 atom stereocenters. The van der Waals surface area contributed by atoms with Gasteiger partial charge in [-0.2, -0.15) is 0 Å². The molecular formula is C39H35NO9S. The molecule has 256 valence electrons. The van der Waals surface area contributed by atoms with Crippen LogP contribution >= 0.6 is 11.8 Å². The summed E-state index contributed by atoms with van der Waals surface area (Å²) in [6.45, 7) is 4.08. The topological polar surface area (TPSA) is 170 Å². The van der Waals surface area contributed by atoms with Crippen LogP contribution in [0.2, 0.25) is 0 Å². The van der Waals surface area contributed by atoms with Gasteiger partial charge in [-0.25, -0.2) is 9.59 Å². The monoisotopic (exact) mass is 693 g/mol. The Balaban J connectivity index is 1.12. The average molecular weight is 694 g/mol. The number of carbonyl (C=O) groups is 4. The Bertz CT molecular complexity index is 2050.